The lowest BCUT2D eigenvalue weighted by atomic mass is 10.1. The van der Waals surface area contributed by atoms with Crippen molar-refractivity contribution in [3.05, 3.63) is 100 Å². The van der Waals surface area contributed by atoms with Crippen LogP contribution in [0.2, 0.25) is 5.02 Å². The van der Waals surface area contributed by atoms with Gasteiger partial charge in [0.15, 0.2) is 11.0 Å². The van der Waals surface area contributed by atoms with Crippen LogP contribution in [-0.2, 0) is 11.3 Å². The zero-order valence-electron chi connectivity index (χ0n) is 19.3. The third kappa shape index (κ3) is 6.09. The van der Waals surface area contributed by atoms with Crippen LogP contribution < -0.4 is 10.6 Å². The predicted octanol–water partition coefficient (Wildman–Crippen LogP) is 5.20. The second kappa shape index (κ2) is 11.2. The minimum absolute atomic E-state index is 0.132. The fourth-order valence-corrected chi connectivity index (χ4v) is 4.42. The molecule has 0 radical (unpaired) electrons. The molecule has 0 saturated carbocycles. The highest BCUT2D eigenvalue weighted by molar-refractivity contribution is 7.99. The highest BCUT2D eigenvalue weighted by atomic mass is 35.5. The molecule has 35 heavy (non-hydrogen) atoms. The Hall–Kier alpha value is -3.62. The summed E-state index contributed by atoms with van der Waals surface area (Å²) in [4.78, 5) is 25.2. The number of rotatable bonds is 8. The maximum Gasteiger partial charge on any atom is 0.251 e. The maximum atomic E-state index is 12.7. The van der Waals surface area contributed by atoms with Crippen LogP contribution in [0.1, 0.15) is 27.3 Å². The molecule has 178 valence electrons. The first-order valence-corrected chi connectivity index (χ1v) is 12.3. The lowest BCUT2D eigenvalue weighted by molar-refractivity contribution is -0.113. The Labute approximate surface area is 212 Å². The van der Waals surface area contributed by atoms with Gasteiger partial charge < -0.3 is 10.6 Å². The summed E-state index contributed by atoms with van der Waals surface area (Å²) in [6.45, 7) is 4.09. The van der Waals surface area contributed by atoms with E-state index in [1.807, 2.05) is 66.9 Å². The summed E-state index contributed by atoms with van der Waals surface area (Å²) in [5.74, 6) is 0.339. The third-order valence-corrected chi connectivity index (χ3v) is 6.49. The minimum atomic E-state index is -0.244. The summed E-state index contributed by atoms with van der Waals surface area (Å²) in [6, 6.07) is 22.1. The van der Waals surface area contributed by atoms with Crippen LogP contribution in [0.15, 0.2) is 78.0 Å². The number of aromatic nitrogens is 3. The van der Waals surface area contributed by atoms with Gasteiger partial charge in [-0.1, -0.05) is 59.8 Å². The van der Waals surface area contributed by atoms with E-state index in [1.165, 1.54) is 11.8 Å². The van der Waals surface area contributed by atoms with Crippen molar-refractivity contribution in [2.75, 3.05) is 11.1 Å². The molecule has 0 bridgehead atoms. The molecule has 3 aromatic carbocycles. The quantitative estimate of drug-likeness (QED) is 0.321. The number of carbonyl (C=O) groups is 2. The number of aryl methyl sites for hydroxylation is 2. The van der Waals surface area contributed by atoms with Gasteiger partial charge in [0.1, 0.15) is 0 Å². The van der Waals surface area contributed by atoms with Crippen LogP contribution in [0, 0.1) is 13.8 Å². The molecule has 0 spiro atoms. The van der Waals surface area contributed by atoms with Gasteiger partial charge in [0.25, 0.3) is 5.91 Å². The Morgan fingerprint density at radius 1 is 0.914 bits per heavy atom. The van der Waals surface area contributed by atoms with E-state index in [9.17, 15) is 9.59 Å². The molecule has 4 rings (SSSR count). The molecule has 7 nitrogen and oxygen atoms in total. The first-order chi connectivity index (χ1) is 16.9. The summed E-state index contributed by atoms with van der Waals surface area (Å²) in [6.07, 6.45) is 0. The number of anilines is 1. The summed E-state index contributed by atoms with van der Waals surface area (Å²) >= 11 is 7.19. The molecule has 0 aliphatic rings. The van der Waals surface area contributed by atoms with Crippen molar-refractivity contribution in [3.8, 4) is 5.69 Å². The number of nitrogens with zero attached hydrogens (tertiary/aromatic N) is 3. The van der Waals surface area contributed by atoms with Gasteiger partial charge in [-0.3, -0.25) is 14.2 Å². The fourth-order valence-electron chi connectivity index (χ4n) is 3.52. The number of amides is 2. The Balaban J connectivity index is 1.49. The molecule has 0 aliphatic heterocycles. The van der Waals surface area contributed by atoms with Gasteiger partial charge in [-0.25, -0.2) is 0 Å². The lowest BCUT2D eigenvalue weighted by Gasteiger charge is -2.12. The van der Waals surface area contributed by atoms with Crippen molar-refractivity contribution in [1.29, 1.82) is 0 Å². The highest BCUT2D eigenvalue weighted by Gasteiger charge is 2.17. The Morgan fingerprint density at radius 2 is 1.60 bits per heavy atom. The Morgan fingerprint density at radius 3 is 2.29 bits per heavy atom. The first kappa shape index (κ1) is 24.5. The molecular weight excluding hydrogens is 482 g/mol. The zero-order valence-corrected chi connectivity index (χ0v) is 20.9. The summed E-state index contributed by atoms with van der Waals surface area (Å²) < 4.78 is 1.85. The molecule has 1 aromatic heterocycles. The monoisotopic (exact) mass is 505 g/mol. The molecule has 2 amide bonds. The van der Waals surface area contributed by atoms with Crippen molar-refractivity contribution in [1.82, 2.24) is 20.1 Å². The van der Waals surface area contributed by atoms with Crippen LogP contribution in [0.25, 0.3) is 5.69 Å². The largest absolute Gasteiger partial charge is 0.345 e. The first-order valence-electron chi connectivity index (χ1n) is 10.9. The lowest BCUT2D eigenvalue weighted by Crippen LogP contribution is -2.24. The van der Waals surface area contributed by atoms with E-state index in [1.54, 1.807) is 24.3 Å². The van der Waals surface area contributed by atoms with E-state index in [0.717, 1.165) is 22.5 Å². The van der Waals surface area contributed by atoms with E-state index >= 15 is 0 Å². The molecule has 9 heteroatoms. The predicted molar refractivity (Wildman–Crippen MR) is 139 cm³/mol. The van der Waals surface area contributed by atoms with E-state index < -0.39 is 0 Å². The van der Waals surface area contributed by atoms with E-state index in [2.05, 4.69) is 20.8 Å². The van der Waals surface area contributed by atoms with Gasteiger partial charge in [0, 0.05) is 22.0 Å². The molecule has 1 heterocycles. The molecule has 0 fully saturated rings. The molecule has 0 unspecified atom stereocenters. The Kier molecular flexibility index (Phi) is 7.84. The SMILES string of the molecule is Cc1cccc(C)c1NC(=O)CSc1nnc(CNC(=O)c2ccc(Cl)cc2)n1-c1ccccc1. The average Bonchev–Trinajstić information content (AvgIpc) is 3.27. The van der Waals surface area contributed by atoms with Crippen molar-refractivity contribution in [2.24, 2.45) is 0 Å². The van der Waals surface area contributed by atoms with E-state index in [0.29, 0.717) is 21.6 Å². The van der Waals surface area contributed by atoms with Gasteiger partial charge in [-0.2, -0.15) is 0 Å². The second-order valence-corrected chi connectivity index (χ2v) is 9.24. The minimum Gasteiger partial charge on any atom is -0.345 e. The second-order valence-electron chi connectivity index (χ2n) is 7.86. The average molecular weight is 506 g/mol. The standard InChI is InChI=1S/C26H24ClN5O2S/c1-17-7-6-8-18(2)24(17)29-23(33)16-35-26-31-30-22(32(26)21-9-4-3-5-10-21)15-28-25(34)19-11-13-20(27)14-12-19/h3-14H,15-16H2,1-2H3,(H,28,34)(H,29,33). The van der Waals surface area contributed by atoms with Crippen LogP contribution in [0.3, 0.4) is 0 Å². The van der Waals surface area contributed by atoms with Gasteiger partial charge in [0.2, 0.25) is 5.91 Å². The van der Waals surface area contributed by atoms with Crippen LogP contribution in [0.5, 0.6) is 0 Å². The van der Waals surface area contributed by atoms with Gasteiger partial charge in [0.05, 0.1) is 12.3 Å². The molecule has 4 aromatic rings. The van der Waals surface area contributed by atoms with Crippen LogP contribution in [-0.4, -0.2) is 32.3 Å². The topological polar surface area (TPSA) is 88.9 Å². The molecule has 0 aliphatic carbocycles. The van der Waals surface area contributed by atoms with E-state index in [-0.39, 0.29) is 24.1 Å². The normalized spacial score (nSPS) is 10.7. The van der Waals surface area contributed by atoms with Crippen molar-refractivity contribution in [2.45, 2.75) is 25.5 Å². The van der Waals surface area contributed by atoms with Gasteiger partial charge >= 0.3 is 0 Å². The van der Waals surface area contributed by atoms with Crippen LogP contribution in [0.4, 0.5) is 5.69 Å². The smallest absolute Gasteiger partial charge is 0.251 e. The number of hydrogen-bond donors (Lipinski definition) is 2. The summed E-state index contributed by atoms with van der Waals surface area (Å²) in [7, 11) is 0. The van der Waals surface area contributed by atoms with Crippen molar-refractivity contribution >= 4 is 40.9 Å². The van der Waals surface area contributed by atoms with E-state index in [4.69, 9.17) is 11.6 Å². The Bertz CT molecular complexity index is 1320. The molecule has 2 N–H and O–H groups in total. The highest BCUT2D eigenvalue weighted by Crippen LogP contribution is 2.24. The molecule has 0 saturated heterocycles. The number of nitrogens with one attached hydrogen (secondary N) is 2. The van der Waals surface area contributed by atoms with Gasteiger partial charge in [-0.15, -0.1) is 10.2 Å². The van der Waals surface area contributed by atoms with Gasteiger partial charge in [-0.05, 0) is 61.4 Å². The number of benzene rings is 3. The number of halogens is 1. The number of carbonyl (C=O) groups excluding carboxylic acids is 2. The third-order valence-electron chi connectivity index (χ3n) is 5.31. The summed E-state index contributed by atoms with van der Waals surface area (Å²) in [5.41, 5.74) is 4.18. The fraction of sp³-hybridized carbons (Fsp3) is 0.154. The van der Waals surface area contributed by atoms with Crippen LogP contribution >= 0.6 is 23.4 Å². The zero-order chi connectivity index (χ0) is 24.8. The number of hydrogen-bond acceptors (Lipinski definition) is 5. The maximum absolute atomic E-state index is 12.7. The number of para-hydroxylation sites is 2. The number of thioether (sulfide) groups is 1. The molecular formula is C26H24ClN5O2S. The van der Waals surface area contributed by atoms with Crippen molar-refractivity contribution < 1.29 is 9.59 Å². The van der Waals surface area contributed by atoms with Crippen molar-refractivity contribution in [3.63, 3.8) is 0 Å². The molecule has 0 atom stereocenters. The summed E-state index contributed by atoms with van der Waals surface area (Å²) in [5, 5.41) is 15.6.